The lowest BCUT2D eigenvalue weighted by Gasteiger charge is -2.29. The summed E-state index contributed by atoms with van der Waals surface area (Å²) in [4.78, 5) is 12.9. The van der Waals surface area contributed by atoms with Gasteiger partial charge in [0, 0.05) is 11.0 Å². The molecule has 0 aliphatic carbocycles. The summed E-state index contributed by atoms with van der Waals surface area (Å²) in [6, 6.07) is 0. The number of likely N-dealkylation sites (tertiary alicyclic amines) is 1. The van der Waals surface area contributed by atoms with Gasteiger partial charge in [-0.05, 0) is 25.9 Å². The fraction of sp³-hybridized carbons (Fsp3) is 0.875. The van der Waals surface area contributed by atoms with Crippen LogP contribution in [0.2, 0.25) is 0 Å². The van der Waals surface area contributed by atoms with Gasteiger partial charge in [-0.1, -0.05) is 22.6 Å². The van der Waals surface area contributed by atoms with Gasteiger partial charge in [-0.2, -0.15) is 0 Å². The number of nitrogens with zero attached hydrogens (tertiary/aromatic N) is 1. The summed E-state index contributed by atoms with van der Waals surface area (Å²) in [5.74, 6) is -0.709. The Kier molecular flexibility index (Phi) is 4.28. The molecule has 0 aromatic heterocycles. The van der Waals surface area contributed by atoms with Crippen molar-refractivity contribution in [1.29, 1.82) is 0 Å². The SMILES string of the molecule is O=C(O)C1CCN(CCI)CC1. The topological polar surface area (TPSA) is 40.5 Å². The highest BCUT2D eigenvalue weighted by Gasteiger charge is 2.23. The fourth-order valence-electron chi connectivity index (χ4n) is 1.52. The van der Waals surface area contributed by atoms with E-state index in [0.29, 0.717) is 0 Å². The number of halogens is 1. The van der Waals surface area contributed by atoms with Crippen LogP contribution in [0.4, 0.5) is 0 Å². The molecule has 0 aromatic rings. The molecule has 0 spiro atoms. The van der Waals surface area contributed by atoms with E-state index in [1.54, 1.807) is 0 Å². The third-order valence-corrected chi connectivity index (χ3v) is 2.82. The van der Waals surface area contributed by atoms with Crippen molar-refractivity contribution < 1.29 is 9.90 Å². The van der Waals surface area contributed by atoms with Gasteiger partial charge in [-0.25, -0.2) is 0 Å². The molecule has 1 aliphatic heterocycles. The van der Waals surface area contributed by atoms with Crippen molar-refractivity contribution in [2.45, 2.75) is 12.8 Å². The number of aliphatic carboxylic acids is 1. The Balaban J connectivity index is 2.25. The van der Waals surface area contributed by atoms with Crippen LogP contribution in [0.25, 0.3) is 0 Å². The van der Waals surface area contributed by atoms with Crippen molar-refractivity contribution in [3.05, 3.63) is 0 Å². The Morgan fingerprint density at radius 1 is 1.50 bits per heavy atom. The third kappa shape index (κ3) is 2.90. The normalized spacial score (nSPS) is 21.1. The first-order valence-corrected chi connectivity index (χ1v) is 5.77. The van der Waals surface area contributed by atoms with E-state index in [1.807, 2.05) is 0 Å². The van der Waals surface area contributed by atoms with Gasteiger partial charge in [-0.15, -0.1) is 0 Å². The average molecular weight is 283 g/mol. The summed E-state index contributed by atoms with van der Waals surface area (Å²) in [7, 11) is 0. The summed E-state index contributed by atoms with van der Waals surface area (Å²) in [5.41, 5.74) is 0. The molecule has 0 radical (unpaired) electrons. The molecule has 0 atom stereocenters. The average Bonchev–Trinajstić information content (AvgIpc) is 2.06. The van der Waals surface area contributed by atoms with Crippen molar-refractivity contribution in [2.75, 3.05) is 24.1 Å². The summed E-state index contributed by atoms with van der Waals surface area (Å²) in [6.45, 7) is 3.02. The van der Waals surface area contributed by atoms with E-state index in [2.05, 4.69) is 27.5 Å². The molecule has 1 heterocycles. The molecule has 0 unspecified atom stereocenters. The van der Waals surface area contributed by atoms with E-state index in [9.17, 15) is 4.79 Å². The van der Waals surface area contributed by atoms with Crippen LogP contribution < -0.4 is 0 Å². The number of hydrogen-bond donors (Lipinski definition) is 1. The number of hydrogen-bond acceptors (Lipinski definition) is 2. The molecule has 70 valence electrons. The Bertz CT molecular complexity index is 155. The predicted octanol–water partition coefficient (Wildman–Crippen LogP) is 1.22. The van der Waals surface area contributed by atoms with Crippen LogP contribution in [0.5, 0.6) is 0 Å². The Labute approximate surface area is 86.3 Å². The third-order valence-electron chi connectivity index (χ3n) is 2.34. The lowest BCUT2D eigenvalue weighted by Crippen LogP contribution is -2.37. The first-order chi connectivity index (χ1) is 5.74. The number of carbonyl (C=O) groups is 1. The van der Waals surface area contributed by atoms with E-state index in [1.165, 1.54) is 0 Å². The van der Waals surface area contributed by atoms with E-state index < -0.39 is 5.97 Å². The van der Waals surface area contributed by atoms with Gasteiger partial charge in [0.15, 0.2) is 0 Å². The van der Waals surface area contributed by atoms with Crippen molar-refractivity contribution in [3.8, 4) is 0 Å². The van der Waals surface area contributed by atoms with Crippen LogP contribution in [0, 0.1) is 5.92 Å². The quantitative estimate of drug-likeness (QED) is 0.625. The van der Waals surface area contributed by atoms with Gasteiger partial charge in [0.1, 0.15) is 0 Å². The predicted molar refractivity (Wildman–Crippen MR) is 55.7 cm³/mol. The summed E-state index contributed by atoms with van der Waals surface area (Å²) in [5, 5.41) is 8.73. The number of piperidine rings is 1. The number of carboxylic acid groups (broad SMARTS) is 1. The highest BCUT2D eigenvalue weighted by molar-refractivity contribution is 14.1. The highest BCUT2D eigenvalue weighted by Crippen LogP contribution is 2.16. The summed E-state index contributed by atoms with van der Waals surface area (Å²) >= 11 is 2.35. The molecule has 1 N–H and O–H groups in total. The molecule has 12 heavy (non-hydrogen) atoms. The van der Waals surface area contributed by atoms with Gasteiger partial charge in [0.05, 0.1) is 5.92 Å². The van der Waals surface area contributed by atoms with E-state index in [-0.39, 0.29) is 5.92 Å². The molecule has 3 nitrogen and oxygen atoms in total. The molecule has 1 rings (SSSR count). The maximum Gasteiger partial charge on any atom is 0.306 e. The Morgan fingerprint density at radius 2 is 2.08 bits per heavy atom. The molecular weight excluding hydrogens is 269 g/mol. The zero-order valence-electron chi connectivity index (χ0n) is 7.00. The van der Waals surface area contributed by atoms with Crippen molar-refractivity contribution in [3.63, 3.8) is 0 Å². The molecule has 0 aromatic carbocycles. The number of carboxylic acids is 1. The Morgan fingerprint density at radius 3 is 2.50 bits per heavy atom. The minimum atomic E-state index is -0.621. The van der Waals surface area contributed by atoms with Crippen molar-refractivity contribution in [2.24, 2.45) is 5.92 Å². The van der Waals surface area contributed by atoms with E-state index in [4.69, 9.17) is 5.11 Å². The smallest absolute Gasteiger partial charge is 0.306 e. The summed E-state index contributed by atoms with van der Waals surface area (Å²) < 4.78 is 1.13. The lowest BCUT2D eigenvalue weighted by molar-refractivity contribution is -0.143. The van der Waals surface area contributed by atoms with Gasteiger partial charge in [0.25, 0.3) is 0 Å². The van der Waals surface area contributed by atoms with Crippen molar-refractivity contribution >= 4 is 28.6 Å². The number of rotatable bonds is 3. The maximum atomic E-state index is 10.6. The zero-order valence-corrected chi connectivity index (χ0v) is 9.16. The zero-order chi connectivity index (χ0) is 8.97. The van der Waals surface area contributed by atoms with Crippen LogP contribution in [-0.4, -0.2) is 40.0 Å². The van der Waals surface area contributed by atoms with Gasteiger partial charge >= 0.3 is 5.97 Å². The van der Waals surface area contributed by atoms with Crippen LogP contribution in [0.3, 0.4) is 0 Å². The maximum absolute atomic E-state index is 10.6. The molecule has 1 aliphatic rings. The largest absolute Gasteiger partial charge is 0.481 e. The molecular formula is C8H14INO2. The number of alkyl halides is 1. The van der Waals surface area contributed by atoms with Gasteiger partial charge in [-0.3, -0.25) is 4.79 Å². The van der Waals surface area contributed by atoms with Gasteiger partial charge < -0.3 is 10.0 Å². The Hall–Kier alpha value is 0.160. The van der Waals surface area contributed by atoms with E-state index >= 15 is 0 Å². The monoisotopic (exact) mass is 283 g/mol. The molecule has 0 saturated carbocycles. The second kappa shape index (κ2) is 5.01. The molecule has 4 heteroatoms. The van der Waals surface area contributed by atoms with Crippen LogP contribution in [-0.2, 0) is 4.79 Å². The molecule has 1 saturated heterocycles. The van der Waals surface area contributed by atoms with Gasteiger partial charge in [0.2, 0.25) is 0 Å². The van der Waals surface area contributed by atoms with Crippen molar-refractivity contribution in [1.82, 2.24) is 4.90 Å². The standard InChI is InChI=1S/C8H14INO2/c9-3-6-10-4-1-7(2-5-10)8(11)12/h7H,1-6H2,(H,11,12). The van der Waals surface area contributed by atoms with E-state index in [0.717, 1.165) is 36.9 Å². The molecule has 1 fully saturated rings. The van der Waals surface area contributed by atoms with Crippen LogP contribution >= 0.6 is 22.6 Å². The minimum Gasteiger partial charge on any atom is -0.481 e. The lowest BCUT2D eigenvalue weighted by atomic mass is 9.97. The molecule has 0 amide bonds. The van der Waals surface area contributed by atoms with Crippen LogP contribution in [0.15, 0.2) is 0 Å². The second-order valence-corrected chi connectivity index (χ2v) is 4.22. The van der Waals surface area contributed by atoms with Crippen LogP contribution in [0.1, 0.15) is 12.8 Å². The molecule has 0 bridgehead atoms. The fourth-order valence-corrected chi connectivity index (χ4v) is 2.21. The highest BCUT2D eigenvalue weighted by atomic mass is 127. The first kappa shape index (κ1) is 10.2. The first-order valence-electron chi connectivity index (χ1n) is 4.25. The minimum absolute atomic E-state index is 0.0875. The second-order valence-electron chi connectivity index (χ2n) is 3.14. The summed E-state index contributed by atoms with van der Waals surface area (Å²) in [6.07, 6.45) is 1.65.